The second-order valence-electron chi connectivity index (χ2n) is 1.78. The van der Waals surface area contributed by atoms with Gasteiger partial charge in [-0.1, -0.05) is 23.2 Å². The first kappa shape index (κ1) is 9.23. The highest BCUT2D eigenvalue weighted by molar-refractivity contribution is 9.10. The average Bonchev–Trinajstić information content (AvgIpc) is 1.97. The Morgan fingerprint density at radius 2 is 1.82 bits per heavy atom. The molecule has 0 atom stereocenters. The van der Waals surface area contributed by atoms with E-state index >= 15 is 0 Å². The highest BCUT2D eigenvalue weighted by Crippen LogP contribution is 2.32. The second-order valence-corrected chi connectivity index (χ2v) is 3.36. The molecule has 0 heterocycles. The number of benzene rings is 1. The molecule has 0 aliphatic rings. The van der Waals surface area contributed by atoms with E-state index in [1.54, 1.807) is 0 Å². The molecule has 0 amide bonds. The standard InChI is InChI=1S/C6HBrCl2F2/c7-4-3(10)1-2(8)6(11)5(4)9/h1H. The van der Waals surface area contributed by atoms with Gasteiger partial charge in [0, 0.05) is 0 Å². The molecule has 0 radical (unpaired) electrons. The smallest absolute Gasteiger partial charge is 0.161 e. The summed E-state index contributed by atoms with van der Waals surface area (Å²) in [5.41, 5.74) is 0. The fourth-order valence-electron chi connectivity index (χ4n) is 0.544. The Kier molecular flexibility index (Phi) is 2.73. The third-order valence-corrected chi connectivity index (χ3v) is 2.69. The van der Waals surface area contributed by atoms with Crippen LogP contribution in [0.4, 0.5) is 8.78 Å². The Labute approximate surface area is 80.2 Å². The topological polar surface area (TPSA) is 0 Å². The summed E-state index contributed by atoms with van der Waals surface area (Å²) >= 11 is 13.4. The Balaban J connectivity index is 3.46. The zero-order valence-corrected chi connectivity index (χ0v) is 8.07. The van der Waals surface area contributed by atoms with Gasteiger partial charge in [0.2, 0.25) is 0 Å². The lowest BCUT2D eigenvalue weighted by Crippen LogP contribution is -1.85. The van der Waals surface area contributed by atoms with Gasteiger partial charge in [-0.25, -0.2) is 8.78 Å². The molecule has 0 saturated carbocycles. The first-order valence-corrected chi connectivity index (χ1v) is 4.07. The summed E-state index contributed by atoms with van der Waals surface area (Å²) < 4.78 is 25.2. The summed E-state index contributed by atoms with van der Waals surface area (Å²) in [6.45, 7) is 0. The number of rotatable bonds is 0. The Bertz CT molecular complexity index is 275. The van der Waals surface area contributed by atoms with Crippen molar-refractivity contribution < 1.29 is 8.78 Å². The van der Waals surface area contributed by atoms with Crippen molar-refractivity contribution in [2.24, 2.45) is 0 Å². The summed E-state index contributed by atoms with van der Waals surface area (Å²) in [5, 5.41) is -0.661. The molecule has 11 heavy (non-hydrogen) atoms. The van der Waals surface area contributed by atoms with Gasteiger partial charge in [0.25, 0.3) is 0 Å². The molecule has 1 aromatic rings. The van der Waals surface area contributed by atoms with Crippen molar-refractivity contribution in [3.8, 4) is 0 Å². The molecule has 0 fully saturated rings. The third kappa shape index (κ3) is 1.66. The van der Waals surface area contributed by atoms with Gasteiger partial charge >= 0.3 is 0 Å². The van der Waals surface area contributed by atoms with Gasteiger partial charge in [0.15, 0.2) is 5.82 Å². The van der Waals surface area contributed by atoms with Gasteiger partial charge in [-0.15, -0.1) is 0 Å². The van der Waals surface area contributed by atoms with Crippen molar-refractivity contribution in [3.05, 3.63) is 32.2 Å². The highest BCUT2D eigenvalue weighted by Gasteiger charge is 2.13. The molecular formula is C6HBrCl2F2. The van der Waals surface area contributed by atoms with Crippen molar-refractivity contribution >= 4 is 39.1 Å². The molecule has 0 aliphatic heterocycles. The minimum absolute atomic E-state index is 0.110. The van der Waals surface area contributed by atoms with Crippen molar-refractivity contribution in [2.75, 3.05) is 0 Å². The van der Waals surface area contributed by atoms with Crippen LogP contribution in [0.2, 0.25) is 10.0 Å². The molecule has 1 aromatic carbocycles. The van der Waals surface area contributed by atoms with Crippen molar-refractivity contribution in [1.82, 2.24) is 0 Å². The van der Waals surface area contributed by atoms with Gasteiger partial charge in [-0.3, -0.25) is 0 Å². The molecule has 0 aromatic heterocycles. The van der Waals surface area contributed by atoms with Gasteiger partial charge < -0.3 is 0 Å². The molecule has 0 nitrogen and oxygen atoms in total. The van der Waals surface area contributed by atoms with E-state index < -0.39 is 11.6 Å². The number of hydrogen-bond acceptors (Lipinski definition) is 0. The fraction of sp³-hybridized carbons (Fsp3) is 0. The summed E-state index contributed by atoms with van der Waals surface area (Å²) in [7, 11) is 0. The second kappa shape index (κ2) is 3.25. The van der Waals surface area contributed by atoms with Gasteiger partial charge in [0.05, 0.1) is 14.5 Å². The van der Waals surface area contributed by atoms with E-state index in [4.69, 9.17) is 23.2 Å². The molecular weight excluding hydrogens is 261 g/mol. The van der Waals surface area contributed by atoms with Crippen molar-refractivity contribution in [3.63, 3.8) is 0 Å². The molecule has 0 spiro atoms. The van der Waals surface area contributed by atoms with Crippen LogP contribution in [0.1, 0.15) is 0 Å². The molecule has 0 N–H and O–H groups in total. The predicted octanol–water partition coefficient (Wildman–Crippen LogP) is 4.03. The van der Waals surface area contributed by atoms with E-state index in [0.29, 0.717) is 0 Å². The lowest BCUT2D eigenvalue weighted by molar-refractivity contribution is 0.595. The van der Waals surface area contributed by atoms with Gasteiger partial charge in [-0.2, -0.15) is 0 Å². The quantitative estimate of drug-likeness (QED) is 0.489. The highest BCUT2D eigenvalue weighted by atomic mass is 79.9. The van der Waals surface area contributed by atoms with Crippen LogP contribution in [-0.2, 0) is 0 Å². The summed E-state index contributed by atoms with van der Waals surface area (Å²) in [5.74, 6) is -1.50. The average molecular weight is 262 g/mol. The normalized spacial score (nSPS) is 10.3. The van der Waals surface area contributed by atoms with Crippen LogP contribution in [0, 0.1) is 11.6 Å². The van der Waals surface area contributed by atoms with Crippen LogP contribution < -0.4 is 0 Å². The van der Waals surface area contributed by atoms with Gasteiger partial charge in [0.1, 0.15) is 5.82 Å². The van der Waals surface area contributed by atoms with E-state index in [1.807, 2.05) is 0 Å². The molecule has 5 heteroatoms. The van der Waals surface area contributed by atoms with Gasteiger partial charge in [-0.05, 0) is 22.0 Å². The van der Waals surface area contributed by atoms with Crippen LogP contribution in [0.25, 0.3) is 0 Å². The third-order valence-electron chi connectivity index (χ3n) is 1.06. The largest absolute Gasteiger partial charge is 0.206 e. The Morgan fingerprint density at radius 3 is 2.36 bits per heavy atom. The monoisotopic (exact) mass is 260 g/mol. The maximum atomic E-state index is 12.7. The maximum Gasteiger partial charge on any atom is 0.161 e. The fourth-order valence-corrected chi connectivity index (χ4v) is 1.26. The first-order valence-electron chi connectivity index (χ1n) is 2.52. The zero-order chi connectivity index (χ0) is 8.59. The van der Waals surface area contributed by atoms with Crippen LogP contribution in [-0.4, -0.2) is 0 Å². The molecule has 0 aliphatic carbocycles. The molecule has 0 unspecified atom stereocenters. The lowest BCUT2D eigenvalue weighted by atomic mass is 10.3. The molecule has 0 bridgehead atoms. The molecule has 0 saturated heterocycles. The number of hydrogen-bond donors (Lipinski definition) is 0. The van der Waals surface area contributed by atoms with E-state index in [-0.39, 0.29) is 14.5 Å². The van der Waals surface area contributed by atoms with Crippen LogP contribution >= 0.6 is 39.1 Å². The maximum absolute atomic E-state index is 12.7. The zero-order valence-electron chi connectivity index (χ0n) is 4.97. The molecule has 1 rings (SSSR count). The van der Waals surface area contributed by atoms with E-state index in [0.717, 1.165) is 6.07 Å². The first-order chi connectivity index (χ1) is 5.04. The predicted molar refractivity (Wildman–Crippen MR) is 44.1 cm³/mol. The van der Waals surface area contributed by atoms with E-state index in [9.17, 15) is 8.78 Å². The minimum atomic E-state index is -0.818. The summed E-state index contributed by atoms with van der Waals surface area (Å²) in [4.78, 5) is 0. The Hall–Kier alpha value is 0.140. The van der Waals surface area contributed by atoms with Crippen LogP contribution in [0.5, 0.6) is 0 Å². The van der Waals surface area contributed by atoms with Crippen LogP contribution in [0.15, 0.2) is 10.5 Å². The van der Waals surface area contributed by atoms with Crippen LogP contribution in [0.3, 0.4) is 0 Å². The molecule has 60 valence electrons. The SMILES string of the molecule is Fc1cc(Cl)c(F)c(Cl)c1Br. The van der Waals surface area contributed by atoms with E-state index in [1.165, 1.54) is 0 Å². The minimum Gasteiger partial charge on any atom is -0.206 e. The summed E-state index contributed by atoms with van der Waals surface area (Å²) in [6.07, 6.45) is 0. The van der Waals surface area contributed by atoms with Crippen molar-refractivity contribution in [2.45, 2.75) is 0 Å². The number of halogens is 5. The Morgan fingerprint density at radius 1 is 1.27 bits per heavy atom. The van der Waals surface area contributed by atoms with E-state index in [2.05, 4.69) is 15.9 Å². The summed E-state index contributed by atoms with van der Waals surface area (Å²) in [6, 6.07) is 0.854. The van der Waals surface area contributed by atoms with Crippen molar-refractivity contribution in [1.29, 1.82) is 0 Å². The lowest BCUT2D eigenvalue weighted by Gasteiger charge is -2.00.